The lowest BCUT2D eigenvalue weighted by Gasteiger charge is -2.36. The molecule has 0 spiro atoms. The minimum absolute atomic E-state index is 0.00318. The average molecular weight is 348 g/mol. The van der Waals surface area contributed by atoms with Crippen molar-refractivity contribution in [1.82, 2.24) is 20.0 Å². The Bertz CT molecular complexity index is 655. The van der Waals surface area contributed by atoms with Crippen molar-refractivity contribution in [2.75, 3.05) is 19.6 Å². The highest BCUT2D eigenvalue weighted by Crippen LogP contribution is 2.26. The van der Waals surface area contributed by atoms with Crippen LogP contribution < -0.4 is 5.32 Å². The Morgan fingerprint density at radius 3 is 3.08 bits per heavy atom. The Hall–Kier alpha value is -1.86. The minimum atomic E-state index is -0.0267. The molecule has 6 nitrogen and oxygen atoms in total. The molecular weight excluding hydrogens is 324 g/mol. The van der Waals surface area contributed by atoms with Crippen LogP contribution in [0.4, 0.5) is 4.79 Å². The highest BCUT2D eigenvalue weighted by molar-refractivity contribution is 7.07. The summed E-state index contributed by atoms with van der Waals surface area (Å²) in [7, 11) is 1.91. The summed E-state index contributed by atoms with van der Waals surface area (Å²) in [6, 6.07) is 2.06. The molecule has 0 aliphatic carbocycles. The van der Waals surface area contributed by atoms with Gasteiger partial charge in [0.05, 0.1) is 18.8 Å². The SMILES string of the molecule is CC1CN(C(=O)NCCCc2cnn(C)c2)CC(c2ccsc2)O1. The largest absolute Gasteiger partial charge is 0.367 e. The van der Waals surface area contributed by atoms with Gasteiger partial charge in [-0.1, -0.05) is 0 Å². The Kier molecular flexibility index (Phi) is 5.52. The van der Waals surface area contributed by atoms with Crippen LogP contribution in [-0.2, 0) is 18.2 Å². The molecule has 0 radical (unpaired) electrons. The van der Waals surface area contributed by atoms with Gasteiger partial charge in [-0.3, -0.25) is 4.68 Å². The summed E-state index contributed by atoms with van der Waals surface area (Å²) in [5, 5.41) is 11.3. The van der Waals surface area contributed by atoms with E-state index >= 15 is 0 Å². The van der Waals surface area contributed by atoms with E-state index in [0.717, 1.165) is 18.4 Å². The fraction of sp³-hybridized carbons (Fsp3) is 0.529. The van der Waals surface area contributed by atoms with Crippen molar-refractivity contribution >= 4 is 17.4 Å². The van der Waals surface area contributed by atoms with Crippen LogP contribution in [0.2, 0.25) is 0 Å². The zero-order valence-corrected chi connectivity index (χ0v) is 15.0. The normalized spacial score (nSPS) is 21.0. The third-order valence-corrected chi connectivity index (χ3v) is 4.84. The number of ether oxygens (including phenoxy) is 1. The van der Waals surface area contributed by atoms with Gasteiger partial charge in [0.25, 0.3) is 0 Å². The predicted molar refractivity (Wildman–Crippen MR) is 94.1 cm³/mol. The van der Waals surface area contributed by atoms with Crippen molar-refractivity contribution in [2.24, 2.45) is 7.05 Å². The number of hydrogen-bond donors (Lipinski definition) is 1. The number of urea groups is 1. The topological polar surface area (TPSA) is 59.4 Å². The Morgan fingerprint density at radius 1 is 1.50 bits per heavy atom. The number of hydrogen-bond acceptors (Lipinski definition) is 4. The van der Waals surface area contributed by atoms with Crippen molar-refractivity contribution in [3.05, 3.63) is 40.3 Å². The maximum atomic E-state index is 12.4. The van der Waals surface area contributed by atoms with E-state index in [1.807, 2.05) is 36.6 Å². The third-order valence-electron chi connectivity index (χ3n) is 4.14. The molecule has 1 aliphatic heterocycles. The zero-order valence-electron chi connectivity index (χ0n) is 14.1. The summed E-state index contributed by atoms with van der Waals surface area (Å²) < 4.78 is 7.77. The molecular formula is C17H24N4O2S. The number of carbonyl (C=O) groups excluding carboxylic acids is 1. The van der Waals surface area contributed by atoms with Gasteiger partial charge < -0.3 is 15.0 Å². The molecule has 1 N–H and O–H groups in total. The van der Waals surface area contributed by atoms with Crippen LogP contribution >= 0.6 is 11.3 Å². The zero-order chi connectivity index (χ0) is 16.9. The number of amides is 2. The van der Waals surface area contributed by atoms with E-state index in [9.17, 15) is 4.79 Å². The molecule has 2 atom stereocenters. The van der Waals surface area contributed by atoms with Crippen LogP contribution in [0.25, 0.3) is 0 Å². The Morgan fingerprint density at radius 2 is 2.38 bits per heavy atom. The van der Waals surface area contributed by atoms with Crippen LogP contribution in [-0.4, -0.2) is 46.4 Å². The van der Waals surface area contributed by atoms with Crippen molar-refractivity contribution in [1.29, 1.82) is 0 Å². The molecule has 1 saturated heterocycles. The van der Waals surface area contributed by atoms with Gasteiger partial charge in [-0.25, -0.2) is 4.79 Å². The number of aryl methyl sites for hydroxylation is 2. The first-order valence-corrected chi connectivity index (χ1v) is 9.24. The molecule has 1 aliphatic rings. The third kappa shape index (κ3) is 4.36. The van der Waals surface area contributed by atoms with E-state index in [1.54, 1.807) is 16.0 Å². The molecule has 0 saturated carbocycles. The molecule has 2 aromatic rings. The van der Waals surface area contributed by atoms with Gasteiger partial charge in [0.2, 0.25) is 0 Å². The van der Waals surface area contributed by atoms with Crippen molar-refractivity contribution in [3.8, 4) is 0 Å². The first-order chi connectivity index (χ1) is 11.6. The van der Waals surface area contributed by atoms with Crippen LogP contribution in [0.3, 0.4) is 0 Å². The number of thiophene rings is 1. The molecule has 24 heavy (non-hydrogen) atoms. The minimum Gasteiger partial charge on any atom is -0.367 e. The van der Waals surface area contributed by atoms with Crippen LogP contribution in [0.15, 0.2) is 29.2 Å². The van der Waals surface area contributed by atoms with Gasteiger partial charge in [-0.15, -0.1) is 0 Å². The lowest BCUT2D eigenvalue weighted by Crippen LogP contribution is -2.50. The van der Waals surface area contributed by atoms with Gasteiger partial charge >= 0.3 is 6.03 Å². The van der Waals surface area contributed by atoms with Crippen LogP contribution in [0, 0.1) is 0 Å². The van der Waals surface area contributed by atoms with Crippen LogP contribution in [0.1, 0.15) is 30.6 Å². The molecule has 0 aromatic carbocycles. The first kappa shape index (κ1) is 17.0. The van der Waals surface area contributed by atoms with Crippen molar-refractivity contribution in [3.63, 3.8) is 0 Å². The molecule has 3 rings (SSSR count). The molecule has 7 heteroatoms. The molecule has 0 bridgehead atoms. The highest BCUT2D eigenvalue weighted by Gasteiger charge is 2.29. The highest BCUT2D eigenvalue weighted by atomic mass is 32.1. The van der Waals surface area contributed by atoms with Gasteiger partial charge in [0.15, 0.2) is 0 Å². The van der Waals surface area contributed by atoms with E-state index in [-0.39, 0.29) is 18.2 Å². The summed E-state index contributed by atoms with van der Waals surface area (Å²) in [5.74, 6) is 0. The molecule has 130 valence electrons. The number of rotatable bonds is 5. The average Bonchev–Trinajstić information content (AvgIpc) is 3.22. The Labute approximate surface area is 146 Å². The molecule has 2 amide bonds. The van der Waals surface area contributed by atoms with Gasteiger partial charge in [-0.05, 0) is 47.7 Å². The van der Waals surface area contributed by atoms with Crippen molar-refractivity contribution in [2.45, 2.75) is 32.0 Å². The summed E-state index contributed by atoms with van der Waals surface area (Å²) in [6.07, 6.45) is 5.73. The second-order valence-corrected chi connectivity index (χ2v) is 7.03. The van der Waals surface area contributed by atoms with E-state index in [4.69, 9.17) is 4.74 Å². The van der Waals surface area contributed by atoms with E-state index in [2.05, 4.69) is 21.9 Å². The molecule has 1 fully saturated rings. The second kappa shape index (κ2) is 7.81. The summed E-state index contributed by atoms with van der Waals surface area (Å²) >= 11 is 1.65. The van der Waals surface area contributed by atoms with Crippen LogP contribution in [0.5, 0.6) is 0 Å². The summed E-state index contributed by atoms with van der Waals surface area (Å²) in [5.41, 5.74) is 2.35. The van der Waals surface area contributed by atoms with Crippen molar-refractivity contribution < 1.29 is 9.53 Å². The maximum absolute atomic E-state index is 12.4. The van der Waals surface area contributed by atoms with Gasteiger partial charge in [0, 0.05) is 26.3 Å². The Balaban J connectivity index is 1.45. The lowest BCUT2D eigenvalue weighted by molar-refractivity contribution is -0.0654. The standard InChI is InChI=1S/C17H24N4O2S/c1-13-9-21(11-16(23-13)15-5-7-24-12-15)17(22)18-6-3-4-14-8-19-20(2)10-14/h5,7-8,10,12-13,16H,3-4,6,9,11H2,1-2H3,(H,18,22). The fourth-order valence-corrected chi connectivity index (χ4v) is 3.66. The molecule has 3 heterocycles. The number of nitrogens with zero attached hydrogens (tertiary/aromatic N) is 3. The predicted octanol–water partition coefficient (Wildman–Crippen LogP) is 2.59. The van der Waals surface area contributed by atoms with Gasteiger partial charge in [0.1, 0.15) is 6.10 Å². The summed E-state index contributed by atoms with van der Waals surface area (Å²) in [4.78, 5) is 14.3. The quantitative estimate of drug-likeness (QED) is 0.845. The smallest absolute Gasteiger partial charge is 0.317 e. The molecule has 2 aromatic heterocycles. The number of carbonyl (C=O) groups is 1. The maximum Gasteiger partial charge on any atom is 0.317 e. The first-order valence-electron chi connectivity index (χ1n) is 8.29. The fourth-order valence-electron chi connectivity index (χ4n) is 2.96. The van der Waals surface area contributed by atoms with E-state index < -0.39 is 0 Å². The second-order valence-electron chi connectivity index (χ2n) is 6.25. The number of morpholine rings is 1. The lowest BCUT2D eigenvalue weighted by atomic mass is 10.1. The number of aromatic nitrogens is 2. The van der Waals surface area contributed by atoms with Gasteiger partial charge in [-0.2, -0.15) is 16.4 Å². The summed E-state index contributed by atoms with van der Waals surface area (Å²) in [6.45, 7) is 3.92. The van der Waals surface area contributed by atoms with E-state index in [1.165, 1.54) is 5.56 Å². The molecule has 2 unspecified atom stereocenters. The van der Waals surface area contributed by atoms with E-state index in [0.29, 0.717) is 19.6 Å². The monoisotopic (exact) mass is 348 g/mol. The number of nitrogens with one attached hydrogen (secondary N) is 1.